The third-order valence-electron chi connectivity index (χ3n) is 2.41. The minimum atomic E-state index is -0.124. The first-order valence-electron chi connectivity index (χ1n) is 4.86. The maximum atomic E-state index is 12.0. The summed E-state index contributed by atoms with van der Waals surface area (Å²) in [6, 6.07) is -0.0521. The average molecular weight is 472 g/mol. The second-order valence-corrected chi connectivity index (χ2v) is 7.25. The minimum absolute atomic E-state index is 0.0521. The van der Waals surface area contributed by atoms with Gasteiger partial charge in [0.2, 0.25) is 0 Å². The van der Waals surface area contributed by atoms with Crippen LogP contribution < -0.4 is 5.56 Å². The van der Waals surface area contributed by atoms with Crippen LogP contribution in [0.5, 0.6) is 0 Å². The molecule has 1 unspecified atom stereocenters. The third-order valence-corrected chi connectivity index (χ3v) is 5.86. The average Bonchev–Trinajstić information content (AvgIpc) is 2.36. The molecule has 90 valence electrons. The van der Waals surface area contributed by atoms with E-state index in [1.54, 1.807) is 6.20 Å². The summed E-state index contributed by atoms with van der Waals surface area (Å²) in [6.45, 7) is 1.97. The molecule has 1 aliphatic heterocycles. The van der Waals surface area contributed by atoms with Crippen LogP contribution in [0.15, 0.2) is 41.7 Å². The van der Waals surface area contributed by atoms with E-state index in [4.69, 9.17) is 0 Å². The first kappa shape index (κ1) is 13.4. The van der Waals surface area contributed by atoms with E-state index in [0.717, 1.165) is 5.57 Å². The highest BCUT2D eigenvalue weighted by molar-refractivity contribution is 14.2. The van der Waals surface area contributed by atoms with Gasteiger partial charge in [0.15, 0.2) is 0 Å². The SMILES string of the molecule is CC(C1=CC=IC=C1)n1ncc(Br)c(Br)c1=O. The molecule has 0 aromatic carbocycles. The monoisotopic (exact) mass is 470 g/mol. The Kier molecular flexibility index (Phi) is 4.48. The molecular weight excluding hydrogens is 463 g/mol. The van der Waals surface area contributed by atoms with Crippen molar-refractivity contribution >= 4 is 56.6 Å². The minimum Gasteiger partial charge on any atom is -0.266 e. The van der Waals surface area contributed by atoms with Crippen LogP contribution in [-0.2, 0) is 0 Å². The Labute approximate surface area is 126 Å². The van der Waals surface area contributed by atoms with Crippen LogP contribution in [-0.4, -0.2) is 13.8 Å². The van der Waals surface area contributed by atoms with Crippen molar-refractivity contribution in [1.82, 2.24) is 9.78 Å². The summed E-state index contributed by atoms with van der Waals surface area (Å²) in [5.41, 5.74) is 0.987. The zero-order valence-electron chi connectivity index (χ0n) is 8.90. The molecule has 1 aromatic heterocycles. The van der Waals surface area contributed by atoms with Gasteiger partial charge in [-0.25, -0.2) is 4.68 Å². The topological polar surface area (TPSA) is 34.9 Å². The van der Waals surface area contributed by atoms with Gasteiger partial charge in [0.05, 0.1) is 16.7 Å². The number of hydrogen-bond donors (Lipinski definition) is 0. The second kappa shape index (κ2) is 5.71. The lowest BCUT2D eigenvalue weighted by atomic mass is 10.1. The molecule has 3 nitrogen and oxygen atoms in total. The van der Waals surface area contributed by atoms with E-state index in [1.807, 2.05) is 6.92 Å². The molecule has 0 spiro atoms. The van der Waals surface area contributed by atoms with Crippen molar-refractivity contribution in [3.8, 4) is 0 Å². The highest BCUT2D eigenvalue weighted by atomic mass is 127. The van der Waals surface area contributed by atoms with Crippen molar-refractivity contribution in [2.24, 2.45) is 0 Å². The molecule has 1 aromatic rings. The summed E-state index contributed by atoms with van der Waals surface area (Å²) in [6.07, 6.45) is 5.80. The molecule has 0 aliphatic carbocycles. The maximum absolute atomic E-state index is 12.0. The summed E-state index contributed by atoms with van der Waals surface area (Å²) >= 11 is 6.60. The quantitative estimate of drug-likeness (QED) is 0.618. The first-order valence-corrected chi connectivity index (χ1v) is 8.93. The molecule has 17 heavy (non-hydrogen) atoms. The van der Waals surface area contributed by atoms with Crippen LogP contribution >= 0.6 is 52.6 Å². The summed E-state index contributed by atoms with van der Waals surface area (Å²) in [4.78, 5) is 12.0. The van der Waals surface area contributed by atoms with Gasteiger partial charge in [-0.3, -0.25) is 4.79 Å². The maximum Gasteiger partial charge on any atom is 0.282 e. The number of aromatic nitrogens is 2. The van der Waals surface area contributed by atoms with Gasteiger partial charge in [0.1, 0.15) is 4.47 Å². The zero-order chi connectivity index (χ0) is 12.4. The van der Waals surface area contributed by atoms with E-state index in [0.29, 0.717) is 8.95 Å². The Morgan fingerprint density at radius 2 is 2.24 bits per heavy atom. The lowest BCUT2D eigenvalue weighted by Crippen LogP contribution is -2.27. The predicted molar refractivity (Wildman–Crippen MR) is 85.9 cm³/mol. The van der Waals surface area contributed by atoms with Gasteiger partial charge in [0, 0.05) is 0 Å². The molecule has 2 rings (SSSR count). The van der Waals surface area contributed by atoms with Crippen molar-refractivity contribution in [2.45, 2.75) is 13.0 Å². The fourth-order valence-electron chi connectivity index (χ4n) is 1.44. The number of rotatable bonds is 2. The van der Waals surface area contributed by atoms with E-state index < -0.39 is 0 Å². The van der Waals surface area contributed by atoms with Gasteiger partial charge in [0.25, 0.3) is 5.56 Å². The van der Waals surface area contributed by atoms with E-state index in [2.05, 4.69) is 57.2 Å². The molecule has 0 bridgehead atoms. The third kappa shape index (κ3) is 2.85. The fourth-order valence-corrected chi connectivity index (χ4v) is 3.47. The molecule has 0 amide bonds. The summed E-state index contributed by atoms with van der Waals surface area (Å²) in [5.74, 6) is 0. The number of allylic oxidation sites excluding steroid dienone is 3. The number of halogens is 3. The van der Waals surface area contributed by atoms with Gasteiger partial charge in [-0.2, -0.15) is 5.10 Å². The molecule has 0 saturated carbocycles. The van der Waals surface area contributed by atoms with Gasteiger partial charge >= 0.3 is 0 Å². The van der Waals surface area contributed by atoms with Gasteiger partial charge < -0.3 is 0 Å². The van der Waals surface area contributed by atoms with Crippen molar-refractivity contribution in [3.63, 3.8) is 0 Å². The Bertz CT molecular complexity index is 590. The van der Waals surface area contributed by atoms with Crippen molar-refractivity contribution < 1.29 is 0 Å². The Morgan fingerprint density at radius 3 is 2.88 bits per heavy atom. The lowest BCUT2D eigenvalue weighted by molar-refractivity contribution is 0.527. The predicted octanol–water partition coefficient (Wildman–Crippen LogP) is 3.56. The van der Waals surface area contributed by atoms with Gasteiger partial charge in [-0.1, -0.05) is 32.9 Å². The summed E-state index contributed by atoms with van der Waals surface area (Å²) in [7, 11) is 0. The molecule has 6 heteroatoms. The van der Waals surface area contributed by atoms with E-state index in [9.17, 15) is 4.79 Å². The van der Waals surface area contributed by atoms with E-state index in [-0.39, 0.29) is 32.3 Å². The molecule has 2 heterocycles. The number of hydrogen-bond acceptors (Lipinski definition) is 2. The van der Waals surface area contributed by atoms with Crippen LogP contribution in [0.4, 0.5) is 0 Å². The lowest BCUT2D eigenvalue weighted by Gasteiger charge is -2.16. The molecule has 0 N–H and O–H groups in total. The Hall–Kier alpha value is -0.0800. The first-order chi connectivity index (χ1) is 8.11. The Balaban J connectivity index is 2.45. The molecule has 0 saturated heterocycles. The van der Waals surface area contributed by atoms with Gasteiger partial charge in [-0.05, 0) is 52.5 Å². The van der Waals surface area contributed by atoms with Gasteiger partial charge in [-0.15, -0.1) is 0 Å². The van der Waals surface area contributed by atoms with Crippen LogP contribution in [0.2, 0.25) is 0 Å². The van der Waals surface area contributed by atoms with Crippen molar-refractivity contribution in [3.05, 3.63) is 47.3 Å². The standard InChI is InChI=1S/C11H9Br2IN2O/c1-7(8-2-4-14-5-3-8)16-11(17)10(13)9(12)6-15-16/h2-7H,1H3. The van der Waals surface area contributed by atoms with Crippen LogP contribution in [0, 0.1) is 0 Å². The van der Waals surface area contributed by atoms with E-state index >= 15 is 0 Å². The fraction of sp³-hybridized carbons (Fsp3) is 0.182. The number of nitrogens with zero attached hydrogens (tertiary/aromatic N) is 2. The van der Waals surface area contributed by atoms with Crippen molar-refractivity contribution in [2.75, 3.05) is 0 Å². The molecule has 0 radical (unpaired) electrons. The highest BCUT2D eigenvalue weighted by Gasteiger charge is 2.14. The largest absolute Gasteiger partial charge is 0.282 e. The normalized spacial score (nSPS) is 16.3. The van der Waals surface area contributed by atoms with Crippen LogP contribution in [0.25, 0.3) is 0 Å². The summed E-state index contributed by atoms with van der Waals surface area (Å²) < 4.78 is 7.04. The molecule has 0 fully saturated rings. The molecule has 1 aliphatic rings. The second-order valence-electron chi connectivity index (χ2n) is 3.44. The smallest absolute Gasteiger partial charge is 0.266 e. The highest BCUT2D eigenvalue weighted by Crippen LogP contribution is 2.22. The Morgan fingerprint density at radius 1 is 1.47 bits per heavy atom. The summed E-state index contributed by atoms with van der Waals surface area (Å²) in [5, 5.41) is 4.16. The van der Waals surface area contributed by atoms with Crippen molar-refractivity contribution in [1.29, 1.82) is 0 Å². The van der Waals surface area contributed by atoms with Crippen LogP contribution in [0.1, 0.15) is 13.0 Å². The van der Waals surface area contributed by atoms with Crippen LogP contribution in [0.3, 0.4) is 0 Å². The molecule has 1 atom stereocenters. The molecular formula is C11H9Br2IN2O. The van der Waals surface area contributed by atoms with E-state index in [1.165, 1.54) is 4.68 Å². The zero-order valence-corrected chi connectivity index (χ0v) is 14.2.